The van der Waals surface area contributed by atoms with Crippen molar-refractivity contribution in [3.8, 4) is 10.4 Å². The van der Waals surface area contributed by atoms with Crippen molar-refractivity contribution in [3.63, 3.8) is 0 Å². The first-order chi connectivity index (χ1) is 13.9. The average Bonchev–Trinajstić information content (AvgIpc) is 3.13. The summed E-state index contributed by atoms with van der Waals surface area (Å²) >= 11 is 1.38. The van der Waals surface area contributed by atoms with Gasteiger partial charge < -0.3 is 10.1 Å². The van der Waals surface area contributed by atoms with E-state index in [9.17, 15) is 9.59 Å². The molecule has 0 radical (unpaired) electrons. The number of hydrogen-bond donors (Lipinski definition) is 1. The van der Waals surface area contributed by atoms with Crippen LogP contribution in [-0.2, 0) is 16.0 Å². The van der Waals surface area contributed by atoms with E-state index in [1.165, 1.54) is 11.3 Å². The Morgan fingerprint density at radius 3 is 2.24 bits per heavy atom. The molecule has 0 saturated carbocycles. The molecule has 4 nitrogen and oxygen atoms in total. The first-order valence-electron chi connectivity index (χ1n) is 9.62. The monoisotopic (exact) mass is 407 g/mol. The summed E-state index contributed by atoms with van der Waals surface area (Å²) in [5, 5.41) is 3.50. The van der Waals surface area contributed by atoms with Crippen molar-refractivity contribution < 1.29 is 14.3 Å². The minimum absolute atomic E-state index is 0.131. The molecule has 0 unspecified atom stereocenters. The molecule has 0 aliphatic carbocycles. The maximum atomic E-state index is 13.1. The Bertz CT molecular complexity index is 978. The SMILES string of the molecule is CCOC(=O)c1cc(-c2ccccc2)sc1NC(=O)C(C)(C)Cc1ccccc1. The van der Waals surface area contributed by atoms with Crippen LogP contribution in [-0.4, -0.2) is 18.5 Å². The lowest BCUT2D eigenvalue weighted by Gasteiger charge is -2.23. The van der Waals surface area contributed by atoms with Crippen LogP contribution >= 0.6 is 11.3 Å². The lowest BCUT2D eigenvalue weighted by molar-refractivity contribution is -0.123. The van der Waals surface area contributed by atoms with Crippen LogP contribution in [0.4, 0.5) is 5.00 Å². The standard InChI is InChI=1S/C24H25NO3S/c1-4-28-22(26)19-15-20(18-13-9-6-10-14-18)29-21(19)25-23(27)24(2,3)16-17-11-7-5-8-12-17/h5-15H,4,16H2,1-3H3,(H,25,27). The van der Waals surface area contributed by atoms with Gasteiger partial charge in [0.25, 0.3) is 0 Å². The molecule has 2 aromatic carbocycles. The Morgan fingerprint density at radius 2 is 1.62 bits per heavy atom. The number of nitrogens with one attached hydrogen (secondary N) is 1. The number of rotatable bonds is 7. The highest BCUT2D eigenvalue weighted by atomic mass is 32.1. The highest BCUT2D eigenvalue weighted by molar-refractivity contribution is 7.20. The number of hydrogen-bond acceptors (Lipinski definition) is 4. The Labute approximate surface area is 175 Å². The number of esters is 1. The average molecular weight is 408 g/mol. The van der Waals surface area contributed by atoms with Crippen LogP contribution in [0.25, 0.3) is 10.4 Å². The van der Waals surface area contributed by atoms with E-state index >= 15 is 0 Å². The van der Waals surface area contributed by atoms with Crippen molar-refractivity contribution in [2.75, 3.05) is 11.9 Å². The van der Waals surface area contributed by atoms with E-state index in [2.05, 4.69) is 5.32 Å². The van der Waals surface area contributed by atoms with E-state index in [1.54, 1.807) is 13.0 Å². The van der Waals surface area contributed by atoms with Crippen LogP contribution < -0.4 is 5.32 Å². The third-order valence-electron chi connectivity index (χ3n) is 4.62. The summed E-state index contributed by atoms with van der Waals surface area (Å²) in [7, 11) is 0. The Hall–Kier alpha value is -2.92. The highest BCUT2D eigenvalue weighted by Gasteiger charge is 2.30. The van der Waals surface area contributed by atoms with Gasteiger partial charge in [-0.05, 0) is 30.5 Å². The summed E-state index contributed by atoms with van der Waals surface area (Å²) in [5.41, 5.74) is 1.84. The lowest BCUT2D eigenvalue weighted by Crippen LogP contribution is -2.33. The fourth-order valence-corrected chi connectivity index (χ4v) is 4.09. The Balaban J connectivity index is 1.87. The maximum Gasteiger partial charge on any atom is 0.341 e. The molecule has 3 rings (SSSR count). The van der Waals surface area contributed by atoms with E-state index in [-0.39, 0.29) is 12.5 Å². The first-order valence-corrected chi connectivity index (χ1v) is 10.4. The molecule has 0 aliphatic heterocycles. The fraction of sp³-hybridized carbons (Fsp3) is 0.250. The van der Waals surface area contributed by atoms with Gasteiger partial charge in [0.1, 0.15) is 5.00 Å². The minimum Gasteiger partial charge on any atom is -0.462 e. The van der Waals surface area contributed by atoms with Crippen molar-refractivity contribution in [3.05, 3.63) is 77.9 Å². The molecule has 1 N–H and O–H groups in total. The number of benzene rings is 2. The Morgan fingerprint density at radius 1 is 1.00 bits per heavy atom. The highest BCUT2D eigenvalue weighted by Crippen LogP contribution is 2.37. The molecule has 0 bridgehead atoms. The molecule has 0 aliphatic rings. The van der Waals surface area contributed by atoms with Gasteiger partial charge in [0.2, 0.25) is 5.91 Å². The van der Waals surface area contributed by atoms with Crippen LogP contribution in [0.15, 0.2) is 66.7 Å². The zero-order chi connectivity index (χ0) is 20.9. The van der Waals surface area contributed by atoms with Crippen molar-refractivity contribution in [2.24, 2.45) is 5.41 Å². The van der Waals surface area contributed by atoms with Crippen LogP contribution in [0.3, 0.4) is 0 Å². The lowest BCUT2D eigenvalue weighted by atomic mass is 9.85. The first kappa shape index (κ1) is 20.8. The van der Waals surface area contributed by atoms with Crippen LogP contribution in [0.2, 0.25) is 0 Å². The third-order valence-corrected chi connectivity index (χ3v) is 5.72. The summed E-state index contributed by atoms with van der Waals surface area (Å²) in [6.45, 7) is 5.86. The zero-order valence-electron chi connectivity index (χ0n) is 16.9. The molecule has 3 aromatic rings. The van der Waals surface area contributed by atoms with Gasteiger partial charge in [-0.2, -0.15) is 0 Å². The number of carbonyl (C=O) groups excluding carboxylic acids is 2. The van der Waals surface area contributed by atoms with Crippen molar-refractivity contribution in [1.82, 2.24) is 0 Å². The molecule has 1 heterocycles. The predicted octanol–water partition coefficient (Wildman–Crippen LogP) is 5.80. The minimum atomic E-state index is -0.635. The second-order valence-corrected chi connectivity index (χ2v) is 8.49. The summed E-state index contributed by atoms with van der Waals surface area (Å²) < 4.78 is 5.20. The smallest absolute Gasteiger partial charge is 0.341 e. The maximum absolute atomic E-state index is 13.1. The van der Waals surface area contributed by atoms with E-state index in [0.717, 1.165) is 16.0 Å². The number of anilines is 1. The molecule has 0 atom stereocenters. The zero-order valence-corrected chi connectivity index (χ0v) is 17.7. The quantitative estimate of drug-likeness (QED) is 0.504. The number of carbonyl (C=O) groups is 2. The molecule has 5 heteroatoms. The molecule has 1 aromatic heterocycles. The molecule has 0 saturated heterocycles. The van der Waals surface area contributed by atoms with Gasteiger partial charge in [-0.25, -0.2) is 4.79 Å². The fourth-order valence-electron chi connectivity index (χ4n) is 3.05. The van der Waals surface area contributed by atoms with Gasteiger partial charge in [-0.1, -0.05) is 74.5 Å². The summed E-state index contributed by atoms with van der Waals surface area (Å²) in [6, 6.07) is 21.5. The second kappa shape index (κ2) is 9.05. The van der Waals surface area contributed by atoms with Crippen molar-refractivity contribution in [1.29, 1.82) is 0 Å². The topological polar surface area (TPSA) is 55.4 Å². The van der Waals surface area contributed by atoms with Crippen LogP contribution in [0.5, 0.6) is 0 Å². The summed E-state index contributed by atoms with van der Waals surface area (Å²) in [4.78, 5) is 26.4. The van der Waals surface area contributed by atoms with Gasteiger partial charge in [-0.3, -0.25) is 4.79 Å². The molecule has 29 heavy (non-hydrogen) atoms. The van der Waals surface area contributed by atoms with Crippen molar-refractivity contribution >= 4 is 28.2 Å². The van der Waals surface area contributed by atoms with Gasteiger partial charge in [-0.15, -0.1) is 11.3 Å². The van der Waals surface area contributed by atoms with E-state index in [1.807, 2.05) is 74.5 Å². The molecule has 0 fully saturated rings. The molecule has 150 valence electrons. The summed E-state index contributed by atoms with van der Waals surface area (Å²) in [5.74, 6) is -0.560. The number of ether oxygens (including phenoxy) is 1. The van der Waals surface area contributed by atoms with Gasteiger partial charge in [0.05, 0.1) is 12.2 Å². The van der Waals surface area contributed by atoms with E-state index in [4.69, 9.17) is 4.74 Å². The van der Waals surface area contributed by atoms with E-state index < -0.39 is 11.4 Å². The largest absolute Gasteiger partial charge is 0.462 e. The summed E-state index contributed by atoms with van der Waals surface area (Å²) in [6.07, 6.45) is 0.603. The van der Waals surface area contributed by atoms with Crippen molar-refractivity contribution in [2.45, 2.75) is 27.2 Å². The molecular weight excluding hydrogens is 382 g/mol. The van der Waals surface area contributed by atoms with E-state index in [0.29, 0.717) is 17.0 Å². The van der Waals surface area contributed by atoms with Crippen LogP contribution in [0.1, 0.15) is 36.7 Å². The Kier molecular flexibility index (Phi) is 6.49. The second-order valence-electron chi connectivity index (χ2n) is 7.44. The normalized spacial score (nSPS) is 11.1. The number of thiophene rings is 1. The van der Waals surface area contributed by atoms with Gasteiger partial charge >= 0.3 is 5.97 Å². The number of amides is 1. The molecule has 1 amide bonds. The van der Waals surface area contributed by atoms with Gasteiger partial charge in [0, 0.05) is 10.3 Å². The van der Waals surface area contributed by atoms with Gasteiger partial charge in [0.15, 0.2) is 0 Å². The predicted molar refractivity (Wildman–Crippen MR) is 118 cm³/mol. The molecule has 0 spiro atoms. The third kappa shape index (κ3) is 5.12. The molecular formula is C24H25NO3S. The van der Waals surface area contributed by atoms with Crippen LogP contribution in [0, 0.1) is 5.41 Å².